The van der Waals surface area contributed by atoms with Gasteiger partial charge >= 0.3 is 0 Å². The molecule has 3 aromatic rings. The van der Waals surface area contributed by atoms with Crippen LogP contribution >= 0.6 is 0 Å². The van der Waals surface area contributed by atoms with E-state index in [2.05, 4.69) is 0 Å². The van der Waals surface area contributed by atoms with Crippen molar-refractivity contribution >= 4 is 22.6 Å². The Kier molecular flexibility index (Phi) is 5.31. The van der Waals surface area contributed by atoms with Gasteiger partial charge in [-0.15, -0.1) is 0 Å². The fourth-order valence-electron chi connectivity index (χ4n) is 2.96. The molecule has 0 aliphatic rings. The van der Waals surface area contributed by atoms with Crippen molar-refractivity contribution in [2.24, 2.45) is 0 Å². The van der Waals surface area contributed by atoms with Crippen LogP contribution in [0.5, 0.6) is 23.0 Å². The highest BCUT2D eigenvalue weighted by molar-refractivity contribution is 6.11. The highest BCUT2D eigenvalue weighted by atomic mass is 16.5. The Balaban J connectivity index is 1.97. The summed E-state index contributed by atoms with van der Waals surface area (Å²) in [7, 11) is 4.58. The summed E-state index contributed by atoms with van der Waals surface area (Å²) >= 11 is 0. The van der Waals surface area contributed by atoms with Crippen LogP contribution in [0.1, 0.15) is 15.9 Å². The number of hydrogen-bond acceptors (Lipinski definition) is 5. The Bertz CT molecular complexity index is 1020. The topological polar surface area (TPSA) is 65.0 Å². The van der Waals surface area contributed by atoms with E-state index in [1.54, 1.807) is 37.5 Å². The predicted molar refractivity (Wildman–Crippen MR) is 105 cm³/mol. The number of ether oxygens (including phenoxy) is 3. The number of ketones is 1. The van der Waals surface area contributed by atoms with E-state index in [1.165, 1.54) is 20.3 Å². The number of carbonyl (C=O) groups excluding carboxylic acids is 1. The number of phenols is 1. The minimum atomic E-state index is -0.310. The van der Waals surface area contributed by atoms with Gasteiger partial charge in [-0.2, -0.15) is 0 Å². The molecule has 0 radical (unpaired) electrons. The van der Waals surface area contributed by atoms with Gasteiger partial charge in [0.1, 0.15) is 5.75 Å². The van der Waals surface area contributed by atoms with E-state index in [1.807, 2.05) is 24.3 Å². The first-order valence-corrected chi connectivity index (χ1v) is 8.32. The molecule has 1 N–H and O–H groups in total. The lowest BCUT2D eigenvalue weighted by atomic mass is 10.0. The molecule has 0 heterocycles. The van der Waals surface area contributed by atoms with Crippen molar-refractivity contribution < 1.29 is 24.1 Å². The van der Waals surface area contributed by atoms with Gasteiger partial charge < -0.3 is 19.3 Å². The average Bonchev–Trinajstić information content (AvgIpc) is 2.71. The maximum atomic E-state index is 12.6. The molecule has 0 saturated heterocycles. The first kappa shape index (κ1) is 18.3. The summed E-state index contributed by atoms with van der Waals surface area (Å²) in [6.45, 7) is 0. The molecular formula is C22H20O5. The molecule has 5 heteroatoms. The summed E-state index contributed by atoms with van der Waals surface area (Å²) in [5.41, 5.74) is 0.896. The zero-order valence-electron chi connectivity index (χ0n) is 15.4. The van der Waals surface area contributed by atoms with Gasteiger partial charge in [-0.05, 0) is 35.7 Å². The second-order valence-corrected chi connectivity index (χ2v) is 5.80. The van der Waals surface area contributed by atoms with Gasteiger partial charge in [0.2, 0.25) is 5.75 Å². The van der Waals surface area contributed by atoms with Crippen molar-refractivity contribution in [1.82, 2.24) is 0 Å². The van der Waals surface area contributed by atoms with Crippen molar-refractivity contribution in [1.29, 1.82) is 0 Å². The maximum absolute atomic E-state index is 12.6. The number of aromatic hydroxyl groups is 1. The van der Waals surface area contributed by atoms with Crippen LogP contribution in [-0.4, -0.2) is 32.2 Å². The fourth-order valence-corrected chi connectivity index (χ4v) is 2.96. The van der Waals surface area contributed by atoms with Crippen LogP contribution in [-0.2, 0) is 0 Å². The lowest BCUT2D eigenvalue weighted by molar-refractivity contribution is 0.104. The number of carbonyl (C=O) groups is 1. The molecule has 0 aromatic heterocycles. The monoisotopic (exact) mass is 364 g/mol. The molecule has 0 amide bonds. The van der Waals surface area contributed by atoms with E-state index >= 15 is 0 Å². The predicted octanol–water partition coefficient (Wildman–Crippen LogP) is 4.47. The number of phenolic OH excluding ortho intramolecular Hbond substituents is 1. The number of allylic oxidation sites excluding steroid dienone is 1. The smallest absolute Gasteiger partial charge is 0.203 e. The Morgan fingerprint density at radius 1 is 0.889 bits per heavy atom. The summed E-state index contributed by atoms with van der Waals surface area (Å²) in [6.07, 6.45) is 3.02. The zero-order valence-corrected chi connectivity index (χ0v) is 15.4. The van der Waals surface area contributed by atoms with E-state index < -0.39 is 0 Å². The lowest BCUT2D eigenvalue weighted by Gasteiger charge is -2.14. The molecule has 0 aliphatic carbocycles. The standard InChI is InChI=1S/C22H20O5/c1-25-19-13-10-15(21(26-2)22(19)27-3)9-12-18(23)17-11-8-14-6-4-5-7-16(14)20(17)24/h4-13,24H,1-3H3/b12-9+. The summed E-state index contributed by atoms with van der Waals surface area (Å²) in [4.78, 5) is 12.6. The molecule has 3 rings (SSSR count). The fraction of sp³-hybridized carbons (Fsp3) is 0.136. The molecule has 0 bridgehead atoms. The van der Waals surface area contributed by atoms with Crippen LogP contribution in [0.15, 0.2) is 54.6 Å². The Labute approximate surface area is 157 Å². The highest BCUT2D eigenvalue weighted by Crippen LogP contribution is 2.40. The number of hydrogen-bond donors (Lipinski definition) is 1. The third-order valence-corrected chi connectivity index (χ3v) is 4.31. The minimum absolute atomic E-state index is 0.0259. The Hall–Kier alpha value is -3.47. The second kappa shape index (κ2) is 7.83. The third kappa shape index (κ3) is 3.44. The van der Waals surface area contributed by atoms with Gasteiger partial charge in [0.15, 0.2) is 17.3 Å². The van der Waals surface area contributed by atoms with Gasteiger partial charge in [-0.1, -0.05) is 30.3 Å². The number of fused-ring (bicyclic) bond motifs is 1. The number of benzene rings is 3. The Morgan fingerprint density at radius 2 is 1.63 bits per heavy atom. The average molecular weight is 364 g/mol. The second-order valence-electron chi connectivity index (χ2n) is 5.80. The SMILES string of the molecule is COc1ccc(/C=C/C(=O)c2ccc3ccccc3c2O)c(OC)c1OC. The highest BCUT2D eigenvalue weighted by Gasteiger charge is 2.15. The summed E-state index contributed by atoms with van der Waals surface area (Å²) in [5, 5.41) is 12.0. The van der Waals surface area contributed by atoms with Gasteiger partial charge in [0.05, 0.1) is 26.9 Å². The third-order valence-electron chi connectivity index (χ3n) is 4.31. The van der Waals surface area contributed by atoms with Crippen LogP contribution in [0, 0.1) is 0 Å². The van der Waals surface area contributed by atoms with Crippen molar-refractivity contribution in [3.05, 3.63) is 65.7 Å². The first-order valence-electron chi connectivity index (χ1n) is 8.32. The molecule has 0 saturated carbocycles. The van der Waals surface area contributed by atoms with E-state index in [0.29, 0.717) is 28.2 Å². The normalized spacial score (nSPS) is 10.9. The van der Waals surface area contributed by atoms with Crippen LogP contribution in [0.4, 0.5) is 0 Å². The molecule has 0 aliphatic heterocycles. The minimum Gasteiger partial charge on any atom is -0.507 e. The number of rotatable bonds is 6. The Morgan fingerprint density at radius 3 is 2.33 bits per heavy atom. The van der Waals surface area contributed by atoms with Crippen LogP contribution in [0.25, 0.3) is 16.8 Å². The van der Waals surface area contributed by atoms with Gasteiger partial charge in [-0.25, -0.2) is 0 Å². The zero-order chi connectivity index (χ0) is 19.4. The van der Waals surface area contributed by atoms with Crippen LogP contribution in [0.2, 0.25) is 0 Å². The molecule has 27 heavy (non-hydrogen) atoms. The van der Waals surface area contributed by atoms with E-state index in [9.17, 15) is 9.90 Å². The van der Waals surface area contributed by atoms with Crippen molar-refractivity contribution in [2.45, 2.75) is 0 Å². The van der Waals surface area contributed by atoms with E-state index in [0.717, 1.165) is 5.39 Å². The van der Waals surface area contributed by atoms with Gasteiger partial charge in [-0.3, -0.25) is 4.79 Å². The summed E-state index contributed by atoms with van der Waals surface area (Å²) < 4.78 is 16.0. The van der Waals surface area contributed by atoms with Crippen LogP contribution < -0.4 is 14.2 Å². The van der Waals surface area contributed by atoms with Gasteiger partial charge in [0, 0.05) is 10.9 Å². The molecule has 138 valence electrons. The summed E-state index contributed by atoms with van der Waals surface area (Å²) in [5.74, 6) is 1.11. The quantitative estimate of drug-likeness (QED) is 0.516. The molecule has 0 fully saturated rings. The largest absolute Gasteiger partial charge is 0.507 e. The van der Waals surface area contributed by atoms with Crippen LogP contribution in [0.3, 0.4) is 0 Å². The molecule has 0 atom stereocenters. The molecule has 5 nitrogen and oxygen atoms in total. The van der Waals surface area contributed by atoms with Crippen molar-refractivity contribution in [2.75, 3.05) is 21.3 Å². The molecule has 3 aromatic carbocycles. The lowest BCUT2D eigenvalue weighted by Crippen LogP contribution is -1.98. The van der Waals surface area contributed by atoms with E-state index in [4.69, 9.17) is 14.2 Å². The maximum Gasteiger partial charge on any atom is 0.203 e. The van der Waals surface area contributed by atoms with E-state index in [-0.39, 0.29) is 17.1 Å². The first-order chi connectivity index (χ1) is 13.1. The molecule has 0 unspecified atom stereocenters. The summed E-state index contributed by atoms with van der Waals surface area (Å²) in [6, 6.07) is 14.3. The number of methoxy groups -OCH3 is 3. The van der Waals surface area contributed by atoms with Crippen molar-refractivity contribution in [3.8, 4) is 23.0 Å². The molecule has 0 spiro atoms. The molecular weight excluding hydrogens is 344 g/mol. The van der Waals surface area contributed by atoms with Gasteiger partial charge in [0.25, 0.3) is 0 Å². The van der Waals surface area contributed by atoms with Crippen molar-refractivity contribution in [3.63, 3.8) is 0 Å².